The average Bonchev–Trinajstić information content (AvgIpc) is 3.09. The number of pyridine rings is 1. The van der Waals surface area contributed by atoms with E-state index in [1.54, 1.807) is 36.1 Å². The molecule has 1 fully saturated rings. The number of carbonyl (C=O) groups excluding carboxylic acids is 2. The van der Waals surface area contributed by atoms with Crippen LogP contribution < -0.4 is 0 Å². The van der Waals surface area contributed by atoms with Crippen molar-refractivity contribution in [2.45, 2.75) is 32.2 Å². The van der Waals surface area contributed by atoms with Gasteiger partial charge in [-0.1, -0.05) is 30.3 Å². The highest BCUT2D eigenvalue weighted by Gasteiger charge is 2.31. The molecule has 0 bridgehead atoms. The number of Topliss-reactive ketones (excluding diaryl/α,β-unsaturated/α-hetero) is 1. The molecule has 2 heterocycles. The average molecular weight is 333 g/mol. The molecule has 1 amide bonds. The lowest BCUT2D eigenvalue weighted by atomic mass is 10.0. The van der Waals surface area contributed by atoms with E-state index in [2.05, 4.69) is 11.1 Å². The van der Waals surface area contributed by atoms with Crippen molar-refractivity contribution in [2.75, 3.05) is 6.54 Å². The fourth-order valence-electron chi connectivity index (χ4n) is 3.22. The summed E-state index contributed by atoms with van der Waals surface area (Å²) in [7, 11) is 0. The molecule has 0 aliphatic carbocycles. The number of likely N-dealkylation sites (tertiary alicyclic amines) is 1. The molecule has 1 aliphatic rings. The third-order valence-electron chi connectivity index (χ3n) is 4.58. The van der Waals surface area contributed by atoms with E-state index in [-0.39, 0.29) is 17.7 Å². The molecular formula is C20H19N3O2. The lowest BCUT2D eigenvalue weighted by Gasteiger charge is -2.24. The van der Waals surface area contributed by atoms with Crippen LogP contribution >= 0.6 is 0 Å². The highest BCUT2D eigenvalue weighted by Crippen LogP contribution is 2.24. The van der Waals surface area contributed by atoms with Gasteiger partial charge in [-0.15, -0.1) is 0 Å². The highest BCUT2D eigenvalue weighted by molar-refractivity contribution is 5.97. The topological polar surface area (TPSA) is 74.1 Å². The van der Waals surface area contributed by atoms with Crippen molar-refractivity contribution in [3.05, 3.63) is 65.0 Å². The summed E-state index contributed by atoms with van der Waals surface area (Å²) < 4.78 is 0. The van der Waals surface area contributed by atoms with Gasteiger partial charge in [0.05, 0.1) is 11.3 Å². The van der Waals surface area contributed by atoms with Gasteiger partial charge in [0, 0.05) is 24.6 Å². The minimum absolute atomic E-state index is 0.0502. The van der Waals surface area contributed by atoms with Gasteiger partial charge >= 0.3 is 0 Å². The zero-order valence-electron chi connectivity index (χ0n) is 14.1. The maximum Gasteiger partial charge on any atom is 0.272 e. The molecule has 0 saturated carbocycles. The van der Waals surface area contributed by atoms with E-state index in [9.17, 15) is 9.59 Å². The number of benzene rings is 1. The van der Waals surface area contributed by atoms with Crippen LogP contribution in [0.3, 0.4) is 0 Å². The van der Waals surface area contributed by atoms with E-state index in [0.717, 1.165) is 12.8 Å². The molecule has 3 rings (SSSR count). The highest BCUT2D eigenvalue weighted by atomic mass is 16.2. The second-order valence-corrected chi connectivity index (χ2v) is 6.23. The maximum atomic E-state index is 12.8. The van der Waals surface area contributed by atoms with Gasteiger partial charge in [0.15, 0.2) is 5.78 Å². The Balaban J connectivity index is 1.75. The number of amides is 1. The van der Waals surface area contributed by atoms with E-state index in [0.29, 0.717) is 35.5 Å². The Morgan fingerprint density at radius 2 is 2.00 bits per heavy atom. The van der Waals surface area contributed by atoms with Crippen LogP contribution in [0.4, 0.5) is 0 Å². The number of aromatic nitrogens is 1. The van der Waals surface area contributed by atoms with Gasteiger partial charge in [0.2, 0.25) is 0 Å². The minimum atomic E-state index is -0.170. The lowest BCUT2D eigenvalue weighted by Crippen LogP contribution is -2.37. The van der Waals surface area contributed by atoms with Crippen molar-refractivity contribution in [3.63, 3.8) is 0 Å². The largest absolute Gasteiger partial charge is 0.334 e. The lowest BCUT2D eigenvalue weighted by molar-refractivity contribution is 0.0711. The van der Waals surface area contributed by atoms with Crippen molar-refractivity contribution >= 4 is 11.7 Å². The first-order chi connectivity index (χ1) is 12.1. The van der Waals surface area contributed by atoms with Gasteiger partial charge in [-0.3, -0.25) is 9.59 Å². The molecule has 2 aromatic rings. The number of rotatable bonds is 4. The number of ketones is 1. The fraction of sp³-hybridized carbons (Fsp3) is 0.300. The molecule has 1 aromatic carbocycles. The monoisotopic (exact) mass is 333 g/mol. The quantitative estimate of drug-likeness (QED) is 0.806. The first-order valence-electron chi connectivity index (χ1n) is 8.37. The molecule has 25 heavy (non-hydrogen) atoms. The van der Waals surface area contributed by atoms with E-state index < -0.39 is 0 Å². The number of nitriles is 1. The second kappa shape index (κ2) is 7.27. The van der Waals surface area contributed by atoms with Crippen LogP contribution in [0.1, 0.15) is 51.4 Å². The van der Waals surface area contributed by atoms with Crippen molar-refractivity contribution < 1.29 is 9.59 Å². The number of aryl methyl sites for hydroxylation is 1. The second-order valence-electron chi connectivity index (χ2n) is 6.23. The SMILES string of the molecule is Cc1nc(C(=O)N2CCCC2CC(=O)c2ccccc2)ccc1C#N. The van der Waals surface area contributed by atoms with E-state index in [1.165, 1.54) is 0 Å². The van der Waals surface area contributed by atoms with Gasteiger partial charge in [-0.05, 0) is 31.9 Å². The summed E-state index contributed by atoms with van der Waals surface area (Å²) in [6.07, 6.45) is 2.03. The zero-order chi connectivity index (χ0) is 17.8. The third-order valence-corrected chi connectivity index (χ3v) is 4.58. The Bertz CT molecular complexity index is 840. The van der Waals surface area contributed by atoms with Gasteiger partial charge in [0.1, 0.15) is 11.8 Å². The summed E-state index contributed by atoms with van der Waals surface area (Å²) in [5.74, 6) is -0.120. The zero-order valence-corrected chi connectivity index (χ0v) is 14.1. The Labute approximate surface area is 146 Å². The molecular weight excluding hydrogens is 314 g/mol. The standard InChI is InChI=1S/C20H19N3O2/c1-14-16(13-21)9-10-18(22-14)20(25)23-11-5-8-17(23)12-19(24)15-6-3-2-4-7-15/h2-4,6-7,9-10,17H,5,8,11-12H2,1H3. The molecule has 5 nitrogen and oxygen atoms in total. The van der Waals surface area contributed by atoms with Crippen LogP contribution in [0.15, 0.2) is 42.5 Å². The predicted molar refractivity (Wildman–Crippen MR) is 93.1 cm³/mol. The van der Waals surface area contributed by atoms with Crippen LogP contribution in [0.5, 0.6) is 0 Å². The smallest absolute Gasteiger partial charge is 0.272 e. The third kappa shape index (κ3) is 3.58. The van der Waals surface area contributed by atoms with Crippen molar-refractivity contribution in [1.29, 1.82) is 5.26 Å². The Kier molecular flexibility index (Phi) is 4.90. The first-order valence-corrected chi connectivity index (χ1v) is 8.37. The molecule has 0 radical (unpaired) electrons. The number of carbonyl (C=O) groups is 2. The molecule has 5 heteroatoms. The van der Waals surface area contributed by atoms with E-state index in [4.69, 9.17) is 5.26 Å². The Hall–Kier alpha value is -3.00. The van der Waals surface area contributed by atoms with Crippen LogP contribution in [-0.2, 0) is 0 Å². The van der Waals surface area contributed by atoms with Crippen LogP contribution in [0.25, 0.3) is 0 Å². The number of hydrogen-bond acceptors (Lipinski definition) is 4. The van der Waals surface area contributed by atoms with Crippen LogP contribution in [0, 0.1) is 18.3 Å². The van der Waals surface area contributed by atoms with Gasteiger partial charge < -0.3 is 4.90 Å². The molecule has 1 atom stereocenters. The first kappa shape index (κ1) is 16.8. The molecule has 0 N–H and O–H groups in total. The van der Waals surface area contributed by atoms with Crippen molar-refractivity contribution in [1.82, 2.24) is 9.88 Å². The summed E-state index contributed by atoms with van der Waals surface area (Å²) in [4.78, 5) is 31.3. The Morgan fingerprint density at radius 3 is 2.68 bits per heavy atom. The number of hydrogen-bond donors (Lipinski definition) is 0. The van der Waals surface area contributed by atoms with Gasteiger partial charge in [0.25, 0.3) is 5.91 Å². The van der Waals surface area contributed by atoms with Crippen molar-refractivity contribution in [3.8, 4) is 6.07 Å². The molecule has 1 saturated heterocycles. The van der Waals surface area contributed by atoms with Crippen molar-refractivity contribution in [2.24, 2.45) is 0 Å². The molecule has 0 spiro atoms. The molecule has 1 aromatic heterocycles. The summed E-state index contributed by atoms with van der Waals surface area (Å²) in [5.41, 5.74) is 2.02. The minimum Gasteiger partial charge on any atom is -0.334 e. The predicted octanol–water partition coefficient (Wildman–Crippen LogP) is 3.14. The van der Waals surface area contributed by atoms with E-state index >= 15 is 0 Å². The van der Waals surface area contributed by atoms with Gasteiger partial charge in [-0.2, -0.15) is 5.26 Å². The maximum absolute atomic E-state index is 12.8. The van der Waals surface area contributed by atoms with Crippen LogP contribution in [-0.4, -0.2) is 34.2 Å². The summed E-state index contributed by atoms with van der Waals surface area (Å²) in [6.45, 7) is 2.35. The normalized spacial score (nSPS) is 16.5. The van der Waals surface area contributed by atoms with Gasteiger partial charge in [-0.25, -0.2) is 4.98 Å². The molecule has 126 valence electrons. The molecule has 1 unspecified atom stereocenters. The number of nitrogens with zero attached hydrogens (tertiary/aromatic N) is 3. The Morgan fingerprint density at radius 1 is 1.24 bits per heavy atom. The molecule has 1 aliphatic heterocycles. The van der Waals surface area contributed by atoms with Crippen LogP contribution in [0.2, 0.25) is 0 Å². The van der Waals surface area contributed by atoms with E-state index in [1.807, 2.05) is 18.2 Å². The summed E-state index contributed by atoms with van der Waals surface area (Å²) in [6, 6.07) is 14.3. The summed E-state index contributed by atoms with van der Waals surface area (Å²) in [5, 5.41) is 8.99. The summed E-state index contributed by atoms with van der Waals surface area (Å²) >= 11 is 0. The fourth-order valence-corrected chi connectivity index (χ4v) is 3.22.